The number of aromatic nitrogens is 6. The highest BCUT2D eigenvalue weighted by Crippen LogP contribution is 2.29. The van der Waals surface area contributed by atoms with E-state index in [9.17, 15) is 18.4 Å². The Morgan fingerprint density at radius 2 is 1.85 bits per heavy atom. The maximum absolute atomic E-state index is 14.7. The summed E-state index contributed by atoms with van der Waals surface area (Å²) in [6.45, 7) is 1.75. The molecule has 1 aliphatic heterocycles. The van der Waals surface area contributed by atoms with E-state index in [2.05, 4.69) is 20.0 Å². The largest absolute Gasteiger partial charge is 0.482 e. The summed E-state index contributed by atoms with van der Waals surface area (Å²) in [5.41, 5.74) is 6.90. The van der Waals surface area contributed by atoms with Crippen molar-refractivity contribution in [2.24, 2.45) is 7.05 Å². The number of hydrogen-bond acceptors (Lipinski definition) is 10. The van der Waals surface area contributed by atoms with Crippen molar-refractivity contribution < 1.29 is 27.8 Å². The first-order valence-electron chi connectivity index (χ1n) is 12.7. The van der Waals surface area contributed by atoms with Gasteiger partial charge in [-0.1, -0.05) is 0 Å². The molecule has 0 aliphatic carbocycles. The van der Waals surface area contributed by atoms with Crippen LogP contribution >= 0.6 is 0 Å². The van der Waals surface area contributed by atoms with Gasteiger partial charge in [-0.3, -0.25) is 14.0 Å². The molecule has 41 heavy (non-hydrogen) atoms. The first kappa shape index (κ1) is 26.2. The second-order valence-corrected chi connectivity index (χ2v) is 9.53. The zero-order chi connectivity index (χ0) is 28.8. The molecule has 5 aromatic rings. The van der Waals surface area contributed by atoms with Crippen molar-refractivity contribution in [2.45, 2.75) is 6.54 Å². The quantitative estimate of drug-likeness (QED) is 0.276. The van der Waals surface area contributed by atoms with Gasteiger partial charge in [0, 0.05) is 58.4 Å². The van der Waals surface area contributed by atoms with Gasteiger partial charge in [-0.05, 0) is 12.1 Å². The fraction of sp³-hybridized carbons (Fsp3) is 0.320. The number of carboxylic acids is 1. The zero-order valence-corrected chi connectivity index (χ0v) is 21.8. The lowest BCUT2D eigenvalue weighted by Gasteiger charge is -2.36. The van der Waals surface area contributed by atoms with Crippen LogP contribution in [0.1, 0.15) is 0 Å². The monoisotopic (exact) mass is 569 g/mol. The van der Waals surface area contributed by atoms with Crippen molar-refractivity contribution in [3.05, 3.63) is 52.6 Å². The fourth-order valence-corrected chi connectivity index (χ4v) is 5.01. The summed E-state index contributed by atoms with van der Waals surface area (Å²) >= 11 is 0. The molecular weight excluding hydrogens is 544 g/mol. The molecule has 0 bridgehead atoms. The molecule has 1 saturated heterocycles. The van der Waals surface area contributed by atoms with Crippen LogP contribution in [0.5, 0.6) is 5.75 Å². The van der Waals surface area contributed by atoms with Gasteiger partial charge in [-0.25, -0.2) is 23.4 Å². The Balaban J connectivity index is 1.17. The number of piperazine rings is 1. The van der Waals surface area contributed by atoms with Crippen LogP contribution in [0.25, 0.3) is 28.4 Å². The number of carboxylic acid groups (broad SMARTS) is 1. The molecule has 3 N–H and O–H groups in total. The smallest absolute Gasteiger partial charge is 0.341 e. The number of nitrogens with two attached hydrogens (primary N) is 1. The molecular formula is C25H25F2N9O5. The van der Waals surface area contributed by atoms with E-state index in [0.29, 0.717) is 67.7 Å². The van der Waals surface area contributed by atoms with E-state index in [1.165, 1.54) is 19.9 Å². The Morgan fingerprint density at radius 1 is 1.12 bits per heavy atom. The van der Waals surface area contributed by atoms with Crippen LogP contribution in [0.4, 0.5) is 20.4 Å². The molecule has 0 unspecified atom stereocenters. The Kier molecular flexibility index (Phi) is 6.53. The number of ether oxygens (including phenoxy) is 1. The van der Waals surface area contributed by atoms with E-state index in [1.54, 1.807) is 24.1 Å². The topological polar surface area (TPSA) is 162 Å². The Hall–Kier alpha value is -4.99. The molecule has 1 aromatic carbocycles. The van der Waals surface area contributed by atoms with E-state index in [-0.39, 0.29) is 23.1 Å². The summed E-state index contributed by atoms with van der Waals surface area (Å²) in [6, 6.07) is 5.38. The maximum Gasteiger partial charge on any atom is 0.341 e. The zero-order valence-electron chi connectivity index (χ0n) is 21.8. The normalized spacial score (nSPS) is 14.4. The van der Waals surface area contributed by atoms with Gasteiger partial charge in [0.25, 0.3) is 0 Å². The average Bonchev–Trinajstić information content (AvgIpc) is 3.67. The number of anilines is 2. The number of aryl methyl sites for hydroxylation is 1. The molecule has 0 atom stereocenters. The molecule has 4 aromatic heterocycles. The van der Waals surface area contributed by atoms with E-state index in [1.807, 2.05) is 0 Å². The van der Waals surface area contributed by atoms with Crippen molar-refractivity contribution in [1.82, 2.24) is 33.6 Å². The number of benzene rings is 1. The first-order chi connectivity index (χ1) is 19.7. The SMILES string of the molecule is Cn1c(=O)n(CCN2CCN(c3c(F)cc(OCC(=O)O)cc3F)CC2)c2nc(N)n3nc(-c4ccco4)nc3c21. The van der Waals surface area contributed by atoms with E-state index < -0.39 is 24.2 Å². The van der Waals surface area contributed by atoms with Gasteiger partial charge in [0.2, 0.25) is 11.8 Å². The highest BCUT2D eigenvalue weighted by Gasteiger charge is 2.25. The molecule has 16 heteroatoms. The lowest BCUT2D eigenvalue weighted by Crippen LogP contribution is -2.48. The number of furan rings is 1. The third kappa shape index (κ3) is 4.71. The number of fused-ring (bicyclic) bond motifs is 3. The minimum absolute atomic E-state index is 0.0641. The summed E-state index contributed by atoms with van der Waals surface area (Å²) in [7, 11) is 1.63. The molecule has 14 nitrogen and oxygen atoms in total. The number of carbonyl (C=O) groups is 1. The fourth-order valence-electron chi connectivity index (χ4n) is 5.01. The molecule has 6 rings (SSSR count). The van der Waals surface area contributed by atoms with Crippen molar-refractivity contribution >= 4 is 34.4 Å². The average molecular weight is 570 g/mol. The molecule has 5 heterocycles. The van der Waals surface area contributed by atoms with Crippen LogP contribution in [-0.2, 0) is 18.4 Å². The maximum atomic E-state index is 14.7. The molecule has 1 fully saturated rings. The van der Waals surface area contributed by atoms with Crippen LogP contribution in [0.2, 0.25) is 0 Å². The lowest BCUT2D eigenvalue weighted by molar-refractivity contribution is -0.139. The molecule has 0 spiro atoms. The van der Waals surface area contributed by atoms with Gasteiger partial charge in [-0.15, -0.1) is 5.10 Å². The first-order valence-corrected chi connectivity index (χ1v) is 12.7. The van der Waals surface area contributed by atoms with Crippen molar-refractivity contribution in [3.63, 3.8) is 0 Å². The van der Waals surface area contributed by atoms with Gasteiger partial charge in [0.15, 0.2) is 35.3 Å². The predicted octanol–water partition coefficient (Wildman–Crippen LogP) is 1.18. The van der Waals surface area contributed by atoms with E-state index >= 15 is 0 Å². The second-order valence-electron chi connectivity index (χ2n) is 9.53. The van der Waals surface area contributed by atoms with Crippen molar-refractivity contribution in [1.29, 1.82) is 0 Å². The number of hydrogen-bond donors (Lipinski definition) is 2. The standard InChI is InChI=1S/C25H25F2N9O5/c1-32-20-22(30-24(28)36-23(20)29-21(31-36)17-3-2-10-40-17)35(25(32)39)9-6-33-4-7-34(8-5-33)19-15(26)11-14(12-16(19)27)41-13-18(37)38/h2-3,10-12H,4-9,13H2,1H3,(H2,28,30)(H,37,38). The van der Waals surface area contributed by atoms with Gasteiger partial charge in [0.05, 0.1) is 6.26 Å². The molecule has 0 saturated carbocycles. The Bertz CT molecular complexity index is 1800. The Morgan fingerprint density at radius 3 is 2.51 bits per heavy atom. The van der Waals surface area contributed by atoms with Gasteiger partial charge in [-0.2, -0.15) is 9.50 Å². The highest BCUT2D eigenvalue weighted by molar-refractivity contribution is 5.88. The molecule has 0 radical (unpaired) electrons. The van der Waals surface area contributed by atoms with Gasteiger partial charge in [0.1, 0.15) is 17.0 Å². The lowest BCUT2D eigenvalue weighted by atomic mass is 10.2. The summed E-state index contributed by atoms with van der Waals surface area (Å²) in [6.07, 6.45) is 1.51. The number of nitrogens with zero attached hydrogens (tertiary/aromatic N) is 8. The van der Waals surface area contributed by atoms with E-state index in [0.717, 1.165) is 12.1 Å². The summed E-state index contributed by atoms with van der Waals surface area (Å²) in [5.74, 6) is -2.28. The van der Waals surface area contributed by atoms with Crippen LogP contribution in [-0.4, -0.2) is 84.0 Å². The van der Waals surface area contributed by atoms with E-state index in [4.69, 9.17) is 20.0 Å². The van der Waals surface area contributed by atoms with Crippen LogP contribution < -0.4 is 21.1 Å². The second kappa shape index (κ2) is 10.2. The Labute approximate surface area is 229 Å². The summed E-state index contributed by atoms with van der Waals surface area (Å²) < 4.78 is 44.0. The van der Waals surface area contributed by atoms with Gasteiger partial charge >= 0.3 is 11.7 Å². The van der Waals surface area contributed by atoms with Crippen LogP contribution in [0.15, 0.2) is 39.7 Å². The van der Waals surface area contributed by atoms with Crippen LogP contribution in [0, 0.1) is 11.6 Å². The summed E-state index contributed by atoms with van der Waals surface area (Å²) in [5, 5.41) is 13.1. The minimum Gasteiger partial charge on any atom is -0.482 e. The van der Waals surface area contributed by atoms with Gasteiger partial charge < -0.3 is 24.9 Å². The van der Waals surface area contributed by atoms with Crippen molar-refractivity contribution in [2.75, 3.05) is 50.0 Å². The minimum atomic E-state index is -1.25. The molecule has 214 valence electrons. The third-order valence-corrected chi connectivity index (χ3v) is 7.00. The predicted molar refractivity (Wildman–Crippen MR) is 142 cm³/mol. The summed E-state index contributed by atoms with van der Waals surface area (Å²) in [4.78, 5) is 36.5. The number of imidazole rings is 1. The molecule has 0 amide bonds. The number of nitrogen functional groups attached to an aromatic ring is 1. The highest BCUT2D eigenvalue weighted by atomic mass is 19.1. The number of aliphatic carboxylic acids is 1. The van der Waals surface area contributed by atoms with Crippen molar-refractivity contribution in [3.8, 4) is 17.3 Å². The number of halogens is 2. The molecule has 1 aliphatic rings. The van der Waals surface area contributed by atoms with Crippen LogP contribution in [0.3, 0.4) is 0 Å². The number of rotatable bonds is 8. The third-order valence-electron chi connectivity index (χ3n) is 7.00.